The first-order valence-electron chi connectivity index (χ1n) is 5.36. The summed E-state index contributed by atoms with van der Waals surface area (Å²) in [6, 6.07) is 6.04. The molecular weight excluding hydrogens is 379 g/mol. The molecule has 1 aromatic carbocycles. The maximum absolute atomic E-state index is 13.4. The van der Waals surface area contributed by atoms with Crippen molar-refractivity contribution in [3.05, 3.63) is 56.4 Å². The van der Waals surface area contributed by atoms with Gasteiger partial charge in [0.05, 0.1) is 4.47 Å². The Morgan fingerprint density at radius 1 is 1.32 bits per heavy atom. The zero-order valence-corrected chi connectivity index (χ0v) is 13.0. The van der Waals surface area contributed by atoms with Gasteiger partial charge in [-0.2, -0.15) is 0 Å². The largest absolute Gasteiger partial charge is 0.306 e. The fourth-order valence-corrected chi connectivity index (χ4v) is 2.18. The van der Waals surface area contributed by atoms with E-state index in [1.54, 1.807) is 6.20 Å². The molecule has 0 unspecified atom stereocenters. The molecule has 1 N–H and O–H groups in total. The van der Waals surface area contributed by atoms with Crippen LogP contribution >= 0.6 is 31.9 Å². The van der Waals surface area contributed by atoms with Gasteiger partial charge in [-0.15, -0.1) is 0 Å². The third kappa shape index (κ3) is 3.39. The highest BCUT2D eigenvalue weighted by atomic mass is 79.9. The van der Waals surface area contributed by atoms with E-state index in [1.165, 1.54) is 18.2 Å². The predicted molar refractivity (Wildman–Crippen MR) is 78.7 cm³/mol. The molecule has 1 heterocycles. The van der Waals surface area contributed by atoms with E-state index in [0.717, 1.165) is 10.0 Å². The summed E-state index contributed by atoms with van der Waals surface area (Å²) in [6.07, 6.45) is 1.59. The van der Waals surface area contributed by atoms with E-state index in [9.17, 15) is 9.18 Å². The summed E-state index contributed by atoms with van der Waals surface area (Å²) >= 11 is 6.34. The first-order chi connectivity index (χ1) is 8.97. The highest BCUT2D eigenvalue weighted by Crippen LogP contribution is 2.19. The standard InChI is InChI=1S/C13H9Br2FN2O/c1-7-4-9(14)6-17-12(7)18-13(19)8-2-3-10(15)11(16)5-8/h2-6H,1H3,(H,17,18,19). The number of benzene rings is 1. The molecule has 1 amide bonds. The Morgan fingerprint density at radius 2 is 2.05 bits per heavy atom. The fraction of sp³-hybridized carbons (Fsp3) is 0.0769. The van der Waals surface area contributed by atoms with Gasteiger partial charge in [0, 0.05) is 16.2 Å². The summed E-state index contributed by atoms with van der Waals surface area (Å²) in [5.41, 5.74) is 1.06. The van der Waals surface area contributed by atoms with Crippen LogP contribution in [-0.4, -0.2) is 10.9 Å². The van der Waals surface area contributed by atoms with E-state index in [0.29, 0.717) is 10.3 Å². The highest BCUT2D eigenvalue weighted by Gasteiger charge is 2.11. The van der Waals surface area contributed by atoms with Crippen molar-refractivity contribution in [1.29, 1.82) is 0 Å². The van der Waals surface area contributed by atoms with Crippen molar-refractivity contribution in [2.45, 2.75) is 6.92 Å². The van der Waals surface area contributed by atoms with Crippen molar-refractivity contribution in [1.82, 2.24) is 4.98 Å². The summed E-state index contributed by atoms with van der Waals surface area (Å²) < 4.78 is 14.5. The molecule has 0 spiro atoms. The number of halogens is 3. The van der Waals surface area contributed by atoms with Gasteiger partial charge in [0.15, 0.2) is 0 Å². The van der Waals surface area contributed by atoms with E-state index >= 15 is 0 Å². The lowest BCUT2D eigenvalue weighted by Gasteiger charge is -2.08. The van der Waals surface area contributed by atoms with Crippen LogP contribution in [-0.2, 0) is 0 Å². The van der Waals surface area contributed by atoms with Crippen LogP contribution in [0.2, 0.25) is 0 Å². The number of hydrogen-bond acceptors (Lipinski definition) is 2. The van der Waals surface area contributed by atoms with Crippen LogP contribution < -0.4 is 5.32 Å². The van der Waals surface area contributed by atoms with Crippen molar-refractivity contribution in [2.24, 2.45) is 0 Å². The van der Waals surface area contributed by atoms with E-state index in [4.69, 9.17) is 0 Å². The average Bonchev–Trinajstić information content (AvgIpc) is 2.36. The number of pyridine rings is 1. The van der Waals surface area contributed by atoms with Crippen LogP contribution in [0, 0.1) is 12.7 Å². The van der Waals surface area contributed by atoms with Crippen LogP contribution in [0.5, 0.6) is 0 Å². The number of carbonyl (C=O) groups excluding carboxylic acids is 1. The molecule has 3 nitrogen and oxygen atoms in total. The van der Waals surface area contributed by atoms with Gasteiger partial charge in [-0.3, -0.25) is 4.79 Å². The molecule has 0 aliphatic rings. The molecule has 2 rings (SSSR count). The number of hydrogen-bond donors (Lipinski definition) is 1. The first kappa shape index (κ1) is 14.1. The Balaban J connectivity index is 2.23. The molecule has 6 heteroatoms. The van der Waals surface area contributed by atoms with Gasteiger partial charge in [-0.05, 0) is 68.6 Å². The Morgan fingerprint density at radius 3 is 2.68 bits per heavy atom. The summed E-state index contributed by atoms with van der Waals surface area (Å²) in [6.45, 7) is 1.83. The zero-order chi connectivity index (χ0) is 14.0. The molecule has 98 valence electrons. The highest BCUT2D eigenvalue weighted by molar-refractivity contribution is 9.10. The van der Waals surface area contributed by atoms with E-state index in [-0.39, 0.29) is 5.56 Å². The minimum atomic E-state index is -0.479. The zero-order valence-electron chi connectivity index (χ0n) is 9.88. The fourth-order valence-electron chi connectivity index (χ4n) is 1.49. The van der Waals surface area contributed by atoms with Crippen LogP contribution in [0.15, 0.2) is 39.4 Å². The van der Waals surface area contributed by atoms with Gasteiger partial charge in [0.25, 0.3) is 5.91 Å². The van der Waals surface area contributed by atoms with Gasteiger partial charge in [-0.1, -0.05) is 0 Å². The molecule has 2 aromatic rings. The van der Waals surface area contributed by atoms with Gasteiger partial charge >= 0.3 is 0 Å². The summed E-state index contributed by atoms with van der Waals surface area (Å²) in [5.74, 6) is -0.422. The number of aromatic nitrogens is 1. The minimum absolute atomic E-state index is 0.241. The van der Waals surface area contributed by atoms with Crippen molar-refractivity contribution < 1.29 is 9.18 Å². The normalized spacial score (nSPS) is 10.3. The Kier molecular flexibility index (Phi) is 4.31. The molecule has 0 radical (unpaired) electrons. The first-order valence-corrected chi connectivity index (χ1v) is 6.94. The maximum atomic E-state index is 13.4. The van der Waals surface area contributed by atoms with E-state index < -0.39 is 11.7 Å². The molecule has 0 atom stereocenters. The van der Waals surface area contributed by atoms with Gasteiger partial charge in [0.2, 0.25) is 0 Å². The smallest absolute Gasteiger partial charge is 0.256 e. The maximum Gasteiger partial charge on any atom is 0.256 e. The second-order valence-electron chi connectivity index (χ2n) is 3.90. The number of nitrogens with one attached hydrogen (secondary N) is 1. The van der Waals surface area contributed by atoms with Crippen LogP contribution in [0.3, 0.4) is 0 Å². The molecule has 1 aromatic heterocycles. The monoisotopic (exact) mass is 386 g/mol. The molecule has 0 fully saturated rings. The van der Waals surface area contributed by atoms with Crippen molar-refractivity contribution in [3.63, 3.8) is 0 Å². The molecular formula is C13H9Br2FN2O. The van der Waals surface area contributed by atoms with Crippen molar-refractivity contribution >= 4 is 43.6 Å². The third-order valence-electron chi connectivity index (χ3n) is 2.46. The third-order valence-corrected chi connectivity index (χ3v) is 3.54. The molecule has 0 aliphatic carbocycles. The van der Waals surface area contributed by atoms with Crippen LogP contribution in [0.25, 0.3) is 0 Å². The van der Waals surface area contributed by atoms with E-state index in [2.05, 4.69) is 42.2 Å². The summed E-state index contributed by atoms with van der Waals surface area (Å²) in [5, 5.41) is 2.65. The number of nitrogens with zero attached hydrogens (tertiary/aromatic N) is 1. The molecule has 0 bridgehead atoms. The van der Waals surface area contributed by atoms with Crippen molar-refractivity contribution in [2.75, 3.05) is 5.32 Å². The molecule has 19 heavy (non-hydrogen) atoms. The average molecular weight is 388 g/mol. The van der Waals surface area contributed by atoms with Gasteiger partial charge in [0.1, 0.15) is 11.6 Å². The number of amides is 1. The van der Waals surface area contributed by atoms with E-state index in [1.807, 2.05) is 13.0 Å². The second kappa shape index (κ2) is 5.79. The molecule has 0 saturated heterocycles. The van der Waals surface area contributed by atoms with Crippen LogP contribution in [0.4, 0.5) is 10.2 Å². The predicted octanol–water partition coefficient (Wildman–Crippen LogP) is 4.31. The molecule has 0 aliphatic heterocycles. The molecule has 0 saturated carbocycles. The van der Waals surface area contributed by atoms with Crippen molar-refractivity contribution in [3.8, 4) is 0 Å². The minimum Gasteiger partial charge on any atom is -0.306 e. The number of aryl methyl sites for hydroxylation is 1. The number of rotatable bonds is 2. The van der Waals surface area contributed by atoms with Gasteiger partial charge in [-0.25, -0.2) is 9.37 Å². The lowest BCUT2D eigenvalue weighted by molar-refractivity contribution is 0.102. The summed E-state index contributed by atoms with van der Waals surface area (Å²) in [4.78, 5) is 16.1. The number of anilines is 1. The lowest BCUT2D eigenvalue weighted by atomic mass is 10.2. The topological polar surface area (TPSA) is 42.0 Å². The van der Waals surface area contributed by atoms with Crippen LogP contribution in [0.1, 0.15) is 15.9 Å². The summed E-state index contributed by atoms with van der Waals surface area (Å²) in [7, 11) is 0. The Bertz CT molecular complexity index is 647. The quantitative estimate of drug-likeness (QED) is 0.834. The lowest BCUT2D eigenvalue weighted by Crippen LogP contribution is -2.14. The Hall–Kier alpha value is -1.27. The number of carbonyl (C=O) groups is 1. The Labute approximate surface area is 126 Å². The SMILES string of the molecule is Cc1cc(Br)cnc1NC(=O)c1ccc(Br)c(F)c1. The van der Waals surface area contributed by atoms with Gasteiger partial charge < -0.3 is 5.32 Å². The second-order valence-corrected chi connectivity index (χ2v) is 5.67.